The maximum atomic E-state index is 12.4. The molecule has 1 heterocycles. The summed E-state index contributed by atoms with van der Waals surface area (Å²) in [4.78, 5) is 16.6. The molecule has 1 aromatic rings. The Morgan fingerprint density at radius 1 is 1.11 bits per heavy atom. The van der Waals surface area contributed by atoms with Gasteiger partial charge in [-0.15, -0.1) is 0 Å². The fourth-order valence-electron chi connectivity index (χ4n) is 4.12. The van der Waals surface area contributed by atoms with E-state index in [1.54, 1.807) is 29.2 Å². The zero-order valence-corrected chi connectivity index (χ0v) is 17.7. The van der Waals surface area contributed by atoms with Crippen molar-refractivity contribution in [3.05, 3.63) is 29.3 Å². The number of hydrogen-bond donors (Lipinski definition) is 0. The maximum absolute atomic E-state index is 12.4. The highest BCUT2D eigenvalue weighted by Gasteiger charge is 2.28. The highest BCUT2D eigenvalue weighted by Crippen LogP contribution is 2.26. The minimum Gasteiger partial charge on any atom is -0.410 e. The second kappa shape index (κ2) is 11.0. The van der Waals surface area contributed by atoms with E-state index < -0.39 is 0 Å². The van der Waals surface area contributed by atoms with Gasteiger partial charge in [-0.25, -0.2) is 4.79 Å². The van der Waals surface area contributed by atoms with Crippen molar-refractivity contribution in [2.75, 3.05) is 33.3 Å². The molecule has 1 aliphatic carbocycles. The zero-order valence-electron chi connectivity index (χ0n) is 16.9. The first-order chi connectivity index (χ1) is 13.6. The van der Waals surface area contributed by atoms with Crippen LogP contribution in [0.15, 0.2) is 24.3 Å². The number of ether oxygens (including phenoxy) is 2. The van der Waals surface area contributed by atoms with Crippen molar-refractivity contribution in [3.63, 3.8) is 0 Å². The summed E-state index contributed by atoms with van der Waals surface area (Å²) in [6, 6.07) is 7.08. The zero-order chi connectivity index (χ0) is 19.8. The third-order valence-electron chi connectivity index (χ3n) is 5.92. The molecule has 1 saturated heterocycles. The van der Waals surface area contributed by atoms with Crippen molar-refractivity contribution < 1.29 is 14.3 Å². The van der Waals surface area contributed by atoms with E-state index in [2.05, 4.69) is 4.90 Å². The number of halogens is 1. The Labute approximate surface area is 173 Å². The first-order valence-electron chi connectivity index (χ1n) is 10.7. The Morgan fingerprint density at radius 2 is 1.79 bits per heavy atom. The lowest BCUT2D eigenvalue weighted by Crippen LogP contribution is -2.42. The molecule has 5 nitrogen and oxygen atoms in total. The second-order valence-electron chi connectivity index (χ2n) is 7.99. The standard InChI is InChI=1S/C22H33ClN2O3/c1-24(22(26)28-21-10-6-18(23)7-11-21)19-8-12-20(13-9-19)27-17-5-4-16-25-14-2-3-15-25/h6-7,10-11,19-20H,2-5,8-9,12-17H2,1H3/t19-,20-. The van der Waals surface area contributed by atoms with Crippen LogP contribution in [0.2, 0.25) is 5.02 Å². The third-order valence-corrected chi connectivity index (χ3v) is 6.17. The molecule has 1 aromatic carbocycles. The Balaban J connectivity index is 1.29. The summed E-state index contributed by atoms with van der Waals surface area (Å²) >= 11 is 5.86. The maximum Gasteiger partial charge on any atom is 0.415 e. The lowest BCUT2D eigenvalue weighted by molar-refractivity contribution is 0.0101. The fraction of sp³-hybridized carbons (Fsp3) is 0.682. The highest BCUT2D eigenvalue weighted by atomic mass is 35.5. The second-order valence-corrected chi connectivity index (χ2v) is 8.43. The molecule has 0 atom stereocenters. The van der Waals surface area contributed by atoms with Crippen molar-refractivity contribution in [1.29, 1.82) is 0 Å². The van der Waals surface area contributed by atoms with Crippen LogP contribution in [-0.4, -0.2) is 61.3 Å². The van der Waals surface area contributed by atoms with E-state index in [0.29, 0.717) is 16.9 Å². The van der Waals surface area contributed by atoms with Gasteiger partial charge in [0.15, 0.2) is 0 Å². The van der Waals surface area contributed by atoms with E-state index in [9.17, 15) is 4.79 Å². The van der Waals surface area contributed by atoms with Crippen LogP contribution in [0.5, 0.6) is 5.75 Å². The number of carbonyl (C=O) groups excluding carboxylic acids is 1. The van der Waals surface area contributed by atoms with Crippen LogP contribution in [0.25, 0.3) is 0 Å². The van der Waals surface area contributed by atoms with Crippen molar-refractivity contribution in [3.8, 4) is 5.75 Å². The quantitative estimate of drug-likeness (QED) is 0.569. The summed E-state index contributed by atoms with van der Waals surface area (Å²) in [5, 5.41) is 0.627. The predicted octanol–water partition coefficient (Wildman–Crippen LogP) is 4.97. The summed E-state index contributed by atoms with van der Waals surface area (Å²) in [5.74, 6) is 0.521. The van der Waals surface area contributed by atoms with Crippen molar-refractivity contribution >= 4 is 17.7 Å². The summed E-state index contributed by atoms with van der Waals surface area (Å²) < 4.78 is 11.5. The first-order valence-corrected chi connectivity index (χ1v) is 11.0. The van der Waals surface area contributed by atoms with E-state index in [0.717, 1.165) is 38.7 Å². The van der Waals surface area contributed by atoms with Gasteiger partial charge in [0.05, 0.1) is 6.10 Å². The number of likely N-dealkylation sites (tertiary alicyclic amines) is 1. The summed E-state index contributed by atoms with van der Waals surface area (Å²) in [6.45, 7) is 4.63. The SMILES string of the molecule is CN(C(=O)Oc1ccc(Cl)cc1)[C@H]1CC[C@H](OCCCCN2CCCC2)CC1. The molecule has 0 bridgehead atoms. The Bertz CT molecular complexity index is 596. The molecule has 2 aliphatic rings. The molecule has 0 N–H and O–H groups in total. The number of nitrogens with zero attached hydrogens (tertiary/aromatic N) is 2. The smallest absolute Gasteiger partial charge is 0.410 e. The van der Waals surface area contributed by atoms with Crippen molar-refractivity contribution in [2.24, 2.45) is 0 Å². The summed E-state index contributed by atoms with van der Waals surface area (Å²) in [6.07, 6.45) is 9.07. The third kappa shape index (κ3) is 6.64. The molecule has 0 spiro atoms. The molecule has 2 fully saturated rings. The highest BCUT2D eigenvalue weighted by molar-refractivity contribution is 6.30. The van der Waals surface area contributed by atoms with Gasteiger partial charge in [-0.05, 0) is 95.3 Å². The molecule has 1 aliphatic heterocycles. The lowest BCUT2D eigenvalue weighted by atomic mass is 9.92. The van der Waals surface area contributed by atoms with Crippen LogP contribution in [0.1, 0.15) is 51.4 Å². The van der Waals surface area contributed by atoms with Gasteiger partial charge in [0.2, 0.25) is 0 Å². The van der Waals surface area contributed by atoms with Crippen LogP contribution in [0.3, 0.4) is 0 Å². The fourth-order valence-corrected chi connectivity index (χ4v) is 4.24. The normalized spacial score (nSPS) is 22.9. The minimum atomic E-state index is -0.311. The van der Waals surface area contributed by atoms with E-state index in [1.165, 1.54) is 38.9 Å². The van der Waals surface area contributed by atoms with Crippen LogP contribution < -0.4 is 4.74 Å². The summed E-state index contributed by atoms with van der Waals surface area (Å²) in [7, 11) is 1.82. The molecular weight excluding hydrogens is 376 g/mol. The van der Waals surface area contributed by atoms with Crippen LogP contribution in [0.4, 0.5) is 4.79 Å². The van der Waals surface area contributed by atoms with Gasteiger partial charge in [-0.1, -0.05) is 11.6 Å². The lowest BCUT2D eigenvalue weighted by Gasteiger charge is -2.34. The number of benzene rings is 1. The number of amides is 1. The topological polar surface area (TPSA) is 42.0 Å². The number of rotatable bonds is 8. The van der Waals surface area contributed by atoms with E-state index in [1.807, 2.05) is 7.05 Å². The largest absolute Gasteiger partial charge is 0.415 e. The average Bonchev–Trinajstić information content (AvgIpc) is 3.23. The van der Waals surface area contributed by atoms with Gasteiger partial charge < -0.3 is 19.3 Å². The molecule has 1 saturated carbocycles. The molecule has 6 heteroatoms. The van der Waals surface area contributed by atoms with Crippen molar-refractivity contribution in [2.45, 2.75) is 63.5 Å². The Hall–Kier alpha value is -1.30. The number of unbranched alkanes of at least 4 members (excludes halogenated alkanes) is 1. The number of hydrogen-bond acceptors (Lipinski definition) is 4. The summed E-state index contributed by atoms with van der Waals surface area (Å²) in [5.41, 5.74) is 0. The molecule has 156 valence electrons. The van der Waals surface area contributed by atoms with Crippen molar-refractivity contribution in [1.82, 2.24) is 9.80 Å². The molecular formula is C22H33ClN2O3. The minimum absolute atomic E-state index is 0.217. The molecule has 0 unspecified atom stereocenters. The number of carbonyl (C=O) groups is 1. The molecule has 0 radical (unpaired) electrons. The average molecular weight is 409 g/mol. The van der Waals surface area contributed by atoms with Crippen LogP contribution in [0, 0.1) is 0 Å². The Morgan fingerprint density at radius 3 is 2.46 bits per heavy atom. The predicted molar refractivity (Wildman–Crippen MR) is 112 cm³/mol. The molecule has 3 rings (SSSR count). The van der Waals surface area contributed by atoms with Gasteiger partial charge in [-0.2, -0.15) is 0 Å². The molecule has 28 heavy (non-hydrogen) atoms. The van der Waals surface area contributed by atoms with E-state index >= 15 is 0 Å². The van der Waals surface area contributed by atoms with Crippen LogP contribution >= 0.6 is 11.6 Å². The van der Waals surface area contributed by atoms with Gasteiger partial charge >= 0.3 is 6.09 Å². The van der Waals surface area contributed by atoms with Gasteiger partial charge in [0, 0.05) is 24.7 Å². The monoisotopic (exact) mass is 408 g/mol. The van der Waals surface area contributed by atoms with E-state index in [4.69, 9.17) is 21.1 Å². The van der Waals surface area contributed by atoms with Gasteiger partial charge in [0.25, 0.3) is 0 Å². The Kier molecular flexibility index (Phi) is 8.44. The van der Waals surface area contributed by atoms with Gasteiger partial charge in [0.1, 0.15) is 5.75 Å². The molecule has 1 amide bonds. The molecule has 0 aromatic heterocycles. The van der Waals surface area contributed by atoms with E-state index in [-0.39, 0.29) is 12.1 Å². The van der Waals surface area contributed by atoms with Crippen LogP contribution in [-0.2, 0) is 4.74 Å². The van der Waals surface area contributed by atoms with Gasteiger partial charge in [-0.3, -0.25) is 0 Å². The first kappa shape index (κ1) is 21.4.